The molecule has 14 nitrogen and oxygen atoms in total. The van der Waals surface area contributed by atoms with Crippen LogP contribution in [0.4, 0.5) is 23.1 Å². The van der Waals surface area contributed by atoms with Crippen molar-refractivity contribution < 1.29 is 58.9 Å². The summed E-state index contributed by atoms with van der Waals surface area (Å²) in [4.78, 5) is 65.6. The van der Waals surface area contributed by atoms with Crippen molar-refractivity contribution >= 4 is 47.4 Å². The molecule has 1 aliphatic heterocycles. The molecule has 2 atom stereocenters. The molecule has 2 heterocycles. The van der Waals surface area contributed by atoms with Gasteiger partial charge in [0, 0.05) is 30.3 Å². The Kier molecular flexibility index (Phi) is 9.62. The number of carboxylic acids is 2. The molecular formula is C20H22N7NaO7. The fourth-order valence-corrected chi connectivity index (χ4v) is 3.39. The minimum atomic E-state index is -1.41. The van der Waals surface area contributed by atoms with Gasteiger partial charge in [-0.25, -0.2) is 4.79 Å². The maximum Gasteiger partial charge on any atom is 1.00 e. The second-order valence-electron chi connectivity index (χ2n) is 7.43. The minimum absolute atomic E-state index is 0. The molecule has 1 unspecified atom stereocenters. The first-order valence-corrected chi connectivity index (χ1v) is 10.1. The summed E-state index contributed by atoms with van der Waals surface area (Å²) in [6.45, 7) is 0.558. The number of nitrogens with one attached hydrogen (secondary N) is 4. The summed E-state index contributed by atoms with van der Waals surface area (Å²) in [7, 11) is 0. The molecule has 0 saturated carbocycles. The SMILES string of the molecule is Nc1nc2c(c(=O)[nH]1)N(C=O)C(CNc1ccc(C(=O)N[C@@H](CCC(=O)[O-])C(=O)O)cc1)CN2.[Na+]. The average Bonchev–Trinajstić information content (AvgIpc) is 2.79. The van der Waals surface area contributed by atoms with Gasteiger partial charge in [-0.3, -0.25) is 19.4 Å². The predicted octanol–water partition coefficient (Wildman–Crippen LogP) is -5.06. The second-order valence-corrected chi connectivity index (χ2v) is 7.43. The van der Waals surface area contributed by atoms with Crippen molar-refractivity contribution in [1.82, 2.24) is 15.3 Å². The maximum absolute atomic E-state index is 12.3. The molecule has 15 heteroatoms. The van der Waals surface area contributed by atoms with Crippen LogP contribution in [0.5, 0.6) is 0 Å². The van der Waals surface area contributed by atoms with Gasteiger partial charge < -0.3 is 41.6 Å². The number of amides is 2. The first kappa shape index (κ1) is 27.6. The summed E-state index contributed by atoms with van der Waals surface area (Å²) < 4.78 is 0. The van der Waals surface area contributed by atoms with Gasteiger partial charge in [-0.05, 0) is 37.1 Å². The van der Waals surface area contributed by atoms with Crippen molar-refractivity contribution in [1.29, 1.82) is 0 Å². The van der Waals surface area contributed by atoms with Crippen molar-refractivity contribution in [3.8, 4) is 0 Å². The summed E-state index contributed by atoms with van der Waals surface area (Å²) in [5, 5.41) is 28.0. The van der Waals surface area contributed by atoms with E-state index in [9.17, 15) is 29.1 Å². The molecule has 0 fully saturated rings. The first-order chi connectivity index (χ1) is 16.2. The molecule has 0 radical (unpaired) electrons. The Bertz CT molecular complexity index is 1160. The van der Waals surface area contributed by atoms with E-state index in [0.29, 0.717) is 18.6 Å². The van der Waals surface area contributed by atoms with E-state index in [2.05, 4.69) is 25.9 Å². The number of hydrogen-bond acceptors (Lipinski definition) is 10. The summed E-state index contributed by atoms with van der Waals surface area (Å²) in [5.41, 5.74) is 5.80. The van der Waals surface area contributed by atoms with E-state index < -0.39 is 41.9 Å². The number of nitrogens with zero attached hydrogens (tertiary/aromatic N) is 2. The molecular weight excluding hydrogens is 473 g/mol. The molecule has 1 aliphatic rings. The average molecular weight is 495 g/mol. The van der Waals surface area contributed by atoms with Crippen LogP contribution in [0.2, 0.25) is 0 Å². The Hall–Kier alpha value is -3.62. The van der Waals surface area contributed by atoms with E-state index in [1.165, 1.54) is 17.0 Å². The molecule has 1 aromatic heterocycles. The molecule has 35 heavy (non-hydrogen) atoms. The number of rotatable bonds is 10. The van der Waals surface area contributed by atoms with Crippen molar-refractivity contribution in [2.45, 2.75) is 24.9 Å². The molecule has 1 aromatic carbocycles. The van der Waals surface area contributed by atoms with E-state index in [4.69, 9.17) is 10.8 Å². The maximum atomic E-state index is 12.3. The number of benzene rings is 1. The van der Waals surface area contributed by atoms with Gasteiger partial charge in [0.05, 0.1) is 6.04 Å². The Morgan fingerprint density at radius 2 is 2.00 bits per heavy atom. The van der Waals surface area contributed by atoms with Crippen molar-refractivity contribution in [2.24, 2.45) is 0 Å². The van der Waals surface area contributed by atoms with E-state index in [1.807, 2.05) is 0 Å². The van der Waals surface area contributed by atoms with Crippen LogP contribution in [0.1, 0.15) is 23.2 Å². The Labute approximate surface area is 220 Å². The third-order valence-electron chi connectivity index (χ3n) is 5.11. The van der Waals surface area contributed by atoms with Gasteiger partial charge >= 0.3 is 35.5 Å². The van der Waals surface area contributed by atoms with Gasteiger partial charge in [-0.15, -0.1) is 0 Å². The van der Waals surface area contributed by atoms with Crippen LogP contribution in [0, 0.1) is 0 Å². The zero-order valence-electron chi connectivity index (χ0n) is 18.7. The summed E-state index contributed by atoms with van der Waals surface area (Å²) in [6, 6.07) is 4.27. The molecule has 2 aromatic rings. The number of fused-ring (bicyclic) bond motifs is 1. The normalized spacial score (nSPS) is 15.0. The fourth-order valence-electron chi connectivity index (χ4n) is 3.39. The van der Waals surface area contributed by atoms with Gasteiger partial charge in [0.2, 0.25) is 12.4 Å². The van der Waals surface area contributed by atoms with Gasteiger partial charge in [0.25, 0.3) is 11.5 Å². The van der Waals surface area contributed by atoms with Crippen LogP contribution in [-0.2, 0) is 14.4 Å². The minimum Gasteiger partial charge on any atom is -0.550 e. The number of aliphatic carboxylic acids is 2. The molecule has 0 bridgehead atoms. The Balaban J connectivity index is 0.00000432. The van der Waals surface area contributed by atoms with Gasteiger partial charge in [-0.1, -0.05) is 0 Å². The Morgan fingerprint density at radius 3 is 2.60 bits per heavy atom. The number of aromatic amines is 1. The number of H-pyrrole nitrogens is 1. The second kappa shape index (κ2) is 12.2. The van der Waals surface area contributed by atoms with Crippen LogP contribution in [0.3, 0.4) is 0 Å². The van der Waals surface area contributed by atoms with Crippen LogP contribution < -0.4 is 66.8 Å². The molecule has 180 valence electrons. The van der Waals surface area contributed by atoms with Gasteiger partial charge in [-0.2, -0.15) is 4.98 Å². The van der Waals surface area contributed by atoms with E-state index in [-0.39, 0.29) is 65.5 Å². The molecule has 7 N–H and O–H groups in total. The standard InChI is InChI=1S/C20H23N7O7.Na/c21-20-25-16-15(18(32)26-20)27(9-28)12(8-23-16)7-22-11-3-1-10(2-4-11)17(31)24-13(19(33)34)5-6-14(29)30;/h1-4,9,12-13,22H,5-8H2,(H,24,31)(H,29,30)(H,33,34)(H4,21,23,25,26,32);/q;+1/p-1/t12?,13-;/m0./s1. The van der Waals surface area contributed by atoms with Crippen molar-refractivity contribution in [2.75, 3.05) is 34.4 Å². The number of carbonyl (C=O) groups is 4. The van der Waals surface area contributed by atoms with Crippen LogP contribution in [0.25, 0.3) is 0 Å². The molecule has 0 saturated heterocycles. The number of carboxylic acid groups (broad SMARTS) is 2. The van der Waals surface area contributed by atoms with E-state index in [1.54, 1.807) is 12.1 Å². The smallest absolute Gasteiger partial charge is 0.550 e. The zero-order chi connectivity index (χ0) is 24.8. The summed E-state index contributed by atoms with van der Waals surface area (Å²) in [6.07, 6.45) is -0.278. The number of anilines is 4. The number of nitrogens with two attached hydrogens (primary N) is 1. The largest absolute Gasteiger partial charge is 1.00 e. The third-order valence-corrected chi connectivity index (χ3v) is 5.11. The van der Waals surface area contributed by atoms with Gasteiger partial charge in [0.1, 0.15) is 6.04 Å². The monoisotopic (exact) mass is 495 g/mol. The quantitative estimate of drug-likeness (QED) is 0.135. The zero-order valence-corrected chi connectivity index (χ0v) is 20.7. The topological polar surface area (TPSA) is 223 Å². The predicted molar refractivity (Wildman–Crippen MR) is 118 cm³/mol. The number of hydrogen-bond donors (Lipinski definition) is 6. The van der Waals surface area contributed by atoms with Crippen molar-refractivity contribution in [3.63, 3.8) is 0 Å². The van der Waals surface area contributed by atoms with Gasteiger partial charge in [0.15, 0.2) is 11.5 Å². The summed E-state index contributed by atoms with van der Waals surface area (Å²) in [5.74, 6) is -3.31. The third kappa shape index (κ3) is 6.94. The molecule has 0 spiro atoms. The van der Waals surface area contributed by atoms with E-state index in [0.717, 1.165) is 0 Å². The van der Waals surface area contributed by atoms with Crippen LogP contribution in [-0.4, -0.2) is 64.5 Å². The molecule has 3 rings (SSSR count). The van der Waals surface area contributed by atoms with Crippen LogP contribution >= 0.6 is 0 Å². The number of aromatic nitrogens is 2. The fraction of sp³-hybridized carbons (Fsp3) is 0.300. The van der Waals surface area contributed by atoms with Crippen molar-refractivity contribution in [3.05, 3.63) is 40.2 Å². The molecule has 0 aliphatic carbocycles. The number of nitrogen functional groups attached to an aromatic ring is 1. The van der Waals surface area contributed by atoms with E-state index >= 15 is 0 Å². The number of carbonyl (C=O) groups excluding carboxylic acids is 3. The summed E-state index contributed by atoms with van der Waals surface area (Å²) >= 11 is 0. The molecule has 2 amide bonds. The first-order valence-electron chi connectivity index (χ1n) is 10.1. The van der Waals surface area contributed by atoms with Crippen LogP contribution in [0.15, 0.2) is 29.1 Å². The Morgan fingerprint density at radius 1 is 1.31 bits per heavy atom.